The average molecular weight is 262 g/mol. The van der Waals surface area contributed by atoms with E-state index in [1.807, 2.05) is 13.8 Å². The van der Waals surface area contributed by atoms with E-state index in [1.165, 1.54) is 5.56 Å². The van der Waals surface area contributed by atoms with Crippen LogP contribution in [0.2, 0.25) is 0 Å². The summed E-state index contributed by atoms with van der Waals surface area (Å²) in [6.07, 6.45) is 1.74. The van der Waals surface area contributed by atoms with Crippen molar-refractivity contribution in [2.45, 2.75) is 47.5 Å². The third-order valence-corrected chi connectivity index (χ3v) is 3.67. The number of carbonyl (C=O) groups is 1. The van der Waals surface area contributed by atoms with E-state index in [2.05, 4.69) is 32.9 Å². The molecule has 1 rings (SSSR count). The lowest BCUT2D eigenvalue weighted by atomic mass is 9.87. The van der Waals surface area contributed by atoms with Gasteiger partial charge < -0.3 is 4.74 Å². The lowest BCUT2D eigenvalue weighted by molar-refractivity contribution is -0.125. The fourth-order valence-corrected chi connectivity index (χ4v) is 2.68. The Bertz CT molecular complexity index is 424. The van der Waals surface area contributed by atoms with Gasteiger partial charge in [-0.1, -0.05) is 32.9 Å². The van der Waals surface area contributed by atoms with E-state index >= 15 is 0 Å². The molecule has 0 fully saturated rings. The van der Waals surface area contributed by atoms with Crippen LogP contribution in [-0.2, 0) is 11.2 Å². The molecule has 0 aromatic heterocycles. The lowest BCUT2D eigenvalue weighted by Gasteiger charge is -2.18. The summed E-state index contributed by atoms with van der Waals surface area (Å²) in [7, 11) is 1.70. The van der Waals surface area contributed by atoms with Crippen LogP contribution < -0.4 is 4.74 Å². The maximum atomic E-state index is 12.1. The van der Waals surface area contributed by atoms with E-state index in [9.17, 15) is 4.79 Å². The molecule has 0 bridgehead atoms. The molecule has 0 radical (unpaired) electrons. The monoisotopic (exact) mass is 262 g/mol. The molecule has 0 saturated heterocycles. The van der Waals surface area contributed by atoms with Crippen LogP contribution in [0.1, 0.15) is 43.9 Å². The number of Topliss-reactive ketones (excluding diaryl/α,β-unsaturated/α-hetero) is 1. The molecule has 1 atom stereocenters. The van der Waals surface area contributed by atoms with Crippen molar-refractivity contribution in [3.63, 3.8) is 0 Å². The molecule has 0 aliphatic rings. The third-order valence-electron chi connectivity index (χ3n) is 3.67. The first-order valence-corrected chi connectivity index (χ1v) is 7.08. The van der Waals surface area contributed by atoms with Gasteiger partial charge in [-0.05, 0) is 43.4 Å². The number of hydrogen-bond donors (Lipinski definition) is 0. The number of benzene rings is 1. The van der Waals surface area contributed by atoms with Gasteiger partial charge in [0.2, 0.25) is 0 Å². The fourth-order valence-electron chi connectivity index (χ4n) is 2.68. The van der Waals surface area contributed by atoms with E-state index in [0.29, 0.717) is 5.78 Å². The summed E-state index contributed by atoms with van der Waals surface area (Å²) in [6.45, 7) is 10.2. The summed E-state index contributed by atoms with van der Waals surface area (Å²) in [4.78, 5) is 12.1. The molecule has 106 valence electrons. The molecule has 19 heavy (non-hydrogen) atoms. The number of hydrogen-bond acceptors (Lipinski definition) is 2. The summed E-state index contributed by atoms with van der Waals surface area (Å²) in [5, 5.41) is 0. The van der Waals surface area contributed by atoms with Gasteiger partial charge in [-0.2, -0.15) is 0 Å². The third kappa shape index (κ3) is 3.82. The molecular formula is C17H26O2. The Morgan fingerprint density at radius 1 is 1.21 bits per heavy atom. The van der Waals surface area contributed by atoms with Crippen molar-refractivity contribution in [1.29, 1.82) is 0 Å². The van der Waals surface area contributed by atoms with E-state index < -0.39 is 0 Å². The van der Waals surface area contributed by atoms with E-state index in [4.69, 9.17) is 4.74 Å². The first kappa shape index (κ1) is 15.7. The maximum Gasteiger partial charge on any atom is 0.138 e. The van der Waals surface area contributed by atoms with Gasteiger partial charge in [0.05, 0.1) is 7.11 Å². The average Bonchev–Trinajstić information content (AvgIpc) is 2.34. The van der Waals surface area contributed by atoms with Crippen LogP contribution in [0, 0.1) is 25.7 Å². The summed E-state index contributed by atoms with van der Waals surface area (Å²) in [5.41, 5.74) is 3.52. The molecule has 0 aliphatic carbocycles. The van der Waals surface area contributed by atoms with Crippen LogP contribution in [-0.4, -0.2) is 12.9 Å². The van der Waals surface area contributed by atoms with Crippen molar-refractivity contribution in [3.05, 3.63) is 28.8 Å². The van der Waals surface area contributed by atoms with Crippen LogP contribution in [0.25, 0.3) is 0 Å². The zero-order valence-electron chi connectivity index (χ0n) is 13.0. The first-order valence-electron chi connectivity index (χ1n) is 7.08. The van der Waals surface area contributed by atoms with Gasteiger partial charge in [-0.3, -0.25) is 4.79 Å². The number of ketones is 1. The van der Waals surface area contributed by atoms with Gasteiger partial charge in [0.25, 0.3) is 0 Å². The van der Waals surface area contributed by atoms with Crippen molar-refractivity contribution in [1.82, 2.24) is 0 Å². The Balaban J connectivity index is 2.96. The SMILES string of the molecule is CCC(Cc1cc(C)c(OC)c(C)c1)C(=O)C(C)C. The van der Waals surface area contributed by atoms with Crippen LogP contribution in [0.4, 0.5) is 0 Å². The molecule has 2 heteroatoms. The molecule has 1 aromatic carbocycles. The molecule has 0 saturated carbocycles. The zero-order chi connectivity index (χ0) is 14.6. The molecule has 1 aromatic rings. The lowest BCUT2D eigenvalue weighted by Crippen LogP contribution is -2.21. The minimum Gasteiger partial charge on any atom is -0.496 e. The van der Waals surface area contributed by atoms with Gasteiger partial charge in [-0.25, -0.2) is 0 Å². The Kier molecular flexibility index (Phi) is 5.59. The largest absolute Gasteiger partial charge is 0.496 e. The minimum atomic E-state index is 0.116. The van der Waals surface area contributed by atoms with Gasteiger partial charge in [-0.15, -0.1) is 0 Å². The number of aryl methyl sites for hydroxylation is 2. The highest BCUT2D eigenvalue weighted by Crippen LogP contribution is 2.26. The summed E-state index contributed by atoms with van der Waals surface area (Å²) >= 11 is 0. The normalized spacial score (nSPS) is 12.6. The second-order valence-electron chi connectivity index (χ2n) is 5.63. The number of carbonyl (C=O) groups excluding carboxylic acids is 1. The maximum absolute atomic E-state index is 12.1. The van der Waals surface area contributed by atoms with Gasteiger partial charge in [0, 0.05) is 11.8 Å². The molecular weight excluding hydrogens is 236 g/mol. The molecule has 0 amide bonds. The summed E-state index contributed by atoms with van der Waals surface area (Å²) < 4.78 is 5.38. The molecule has 0 aliphatic heterocycles. The Morgan fingerprint density at radius 2 is 1.74 bits per heavy atom. The van der Waals surface area contributed by atoms with Crippen molar-refractivity contribution < 1.29 is 9.53 Å². The van der Waals surface area contributed by atoms with E-state index in [0.717, 1.165) is 29.7 Å². The topological polar surface area (TPSA) is 26.3 Å². The number of methoxy groups -OCH3 is 1. The number of ether oxygens (including phenoxy) is 1. The second kappa shape index (κ2) is 6.74. The fraction of sp³-hybridized carbons (Fsp3) is 0.588. The van der Waals surface area contributed by atoms with Crippen LogP contribution >= 0.6 is 0 Å². The smallest absolute Gasteiger partial charge is 0.138 e. The first-order chi connectivity index (χ1) is 8.90. The van der Waals surface area contributed by atoms with Crippen LogP contribution in [0.15, 0.2) is 12.1 Å². The highest BCUT2D eigenvalue weighted by atomic mass is 16.5. The Labute approximate surface area is 117 Å². The van der Waals surface area contributed by atoms with Crippen LogP contribution in [0.3, 0.4) is 0 Å². The van der Waals surface area contributed by atoms with Crippen molar-refractivity contribution >= 4 is 5.78 Å². The molecule has 0 heterocycles. The van der Waals surface area contributed by atoms with Gasteiger partial charge in [0.15, 0.2) is 0 Å². The van der Waals surface area contributed by atoms with E-state index in [-0.39, 0.29) is 11.8 Å². The highest BCUT2D eigenvalue weighted by Gasteiger charge is 2.20. The van der Waals surface area contributed by atoms with E-state index in [1.54, 1.807) is 7.11 Å². The van der Waals surface area contributed by atoms with Crippen molar-refractivity contribution in [3.8, 4) is 5.75 Å². The Hall–Kier alpha value is -1.31. The summed E-state index contributed by atoms with van der Waals surface area (Å²) in [5.74, 6) is 1.57. The van der Waals surface area contributed by atoms with Gasteiger partial charge >= 0.3 is 0 Å². The molecule has 0 spiro atoms. The second-order valence-corrected chi connectivity index (χ2v) is 5.63. The molecule has 2 nitrogen and oxygen atoms in total. The predicted octanol–water partition coefficient (Wildman–Crippen LogP) is 4.11. The molecule has 1 unspecified atom stereocenters. The standard InChI is InChI=1S/C17H26O2/c1-7-15(16(18)11(2)3)10-14-8-12(4)17(19-6)13(5)9-14/h8-9,11,15H,7,10H2,1-6H3. The van der Waals surface area contributed by atoms with Gasteiger partial charge in [0.1, 0.15) is 11.5 Å². The van der Waals surface area contributed by atoms with Crippen molar-refractivity contribution in [2.24, 2.45) is 11.8 Å². The quantitative estimate of drug-likeness (QED) is 0.771. The number of rotatable bonds is 6. The van der Waals surface area contributed by atoms with Crippen LogP contribution in [0.5, 0.6) is 5.75 Å². The minimum absolute atomic E-state index is 0.116. The molecule has 0 N–H and O–H groups in total. The van der Waals surface area contributed by atoms with Crippen molar-refractivity contribution in [2.75, 3.05) is 7.11 Å². The predicted molar refractivity (Wildman–Crippen MR) is 79.8 cm³/mol. The Morgan fingerprint density at radius 3 is 2.11 bits per heavy atom. The summed E-state index contributed by atoms with van der Waals surface area (Å²) in [6, 6.07) is 4.28. The highest BCUT2D eigenvalue weighted by molar-refractivity contribution is 5.83. The zero-order valence-corrected chi connectivity index (χ0v) is 13.0.